The Kier molecular flexibility index (Phi) is 6.81. The number of amides is 4. The van der Waals surface area contributed by atoms with E-state index >= 15 is 0 Å². The minimum absolute atomic E-state index is 0.0698. The van der Waals surface area contributed by atoms with E-state index in [2.05, 4.69) is 16.7 Å². The average Bonchev–Trinajstić information content (AvgIpc) is 3.40. The second-order valence-electron chi connectivity index (χ2n) is 8.30. The molecule has 32 heavy (non-hydrogen) atoms. The average molecular weight is 441 g/mol. The van der Waals surface area contributed by atoms with Gasteiger partial charge < -0.3 is 19.7 Å². The second-order valence-corrected chi connectivity index (χ2v) is 8.30. The van der Waals surface area contributed by atoms with Crippen molar-refractivity contribution in [3.05, 3.63) is 29.8 Å². The number of piperidine rings is 1. The minimum Gasteiger partial charge on any atom is -0.492 e. The number of urea groups is 1. The van der Waals surface area contributed by atoms with E-state index in [1.807, 2.05) is 24.3 Å². The molecule has 170 valence electrons. The molecular weight excluding hydrogens is 412 g/mol. The van der Waals surface area contributed by atoms with E-state index in [9.17, 15) is 14.4 Å². The SMILES string of the molecule is C#CN1C(=O)N2C[C@H]1CC[C@H]2C(=O)NC(=O)OCCc1ccc(OCC2CCCN2)cc1. The molecule has 3 fully saturated rings. The number of imide groups is 1. The number of nitrogens with one attached hydrogen (secondary N) is 2. The van der Waals surface area contributed by atoms with Crippen LogP contribution in [0.4, 0.5) is 9.59 Å². The van der Waals surface area contributed by atoms with Crippen molar-refractivity contribution in [1.82, 2.24) is 20.4 Å². The third-order valence-electron chi connectivity index (χ3n) is 6.20. The van der Waals surface area contributed by atoms with Crippen molar-refractivity contribution in [2.75, 3.05) is 26.3 Å². The molecule has 0 aromatic heterocycles. The molecule has 0 spiro atoms. The van der Waals surface area contributed by atoms with Gasteiger partial charge in [0.25, 0.3) is 5.91 Å². The summed E-state index contributed by atoms with van der Waals surface area (Å²) in [6, 6.07) is 9.29. The van der Waals surface area contributed by atoms with Crippen LogP contribution in [-0.2, 0) is 16.0 Å². The number of carbonyl (C=O) groups is 3. The zero-order valence-corrected chi connectivity index (χ0v) is 17.9. The molecule has 3 aliphatic heterocycles. The highest BCUT2D eigenvalue weighted by atomic mass is 16.5. The lowest BCUT2D eigenvalue weighted by atomic mass is 10.00. The van der Waals surface area contributed by atoms with Gasteiger partial charge >= 0.3 is 12.1 Å². The van der Waals surface area contributed by atoms with Gasteiger partial charge in [0.05, 0.1) is 12.6 Å². The molecule has 2 N–H and O–H groups in total. The number of fused-ring (bicyclic) bond motifs is 2. The van der Waals surface area contributed by atoms with Crippen molar-refractivity contribution < 1.29 is 23.9 Å². The molecule has 9 nitrogen and oxygen atoms in total. The summed E-state index contributed by atoms with van der Waals surface area (Å²) in [6.07, 6.45) is 8.48. The van der Waals surface area contributed by atoms with Gasteiger partial charge in [-0.2, -0.15) is 0 Å². The van der Waals surface area contributed by atoms with E-state index in [0.29, 0.717) is 38.5 Å². The quantitative estimate of drug-likeness (QED) is 0.623. The first-order chi connectivity index (χ1) is 15.5. The van der Waals surface area contributed by atoms with Crippen molar-refractivity contribution in [1.29, 1.82) is 0 Å². The van der Waals surface area contributed by atoms with Crippen LogP contribution in [0.5, 0.6) is 5.75 Å². The van der Waals surface area contributed by atoms with Crippen LogP contribution in [0.25, 0.3) is 0 Å². The summed E-state index contributed by atoms with van der Waals surface area (Å²) >= 11 is 0. The van der Waals surface area contributed by atoms with E-state index in [1.165, 1.54) is 16.2 Å². The number of ether oxygens (including phenoxy) is 2. The molecule has 2 bridgehead atoms. The van der Waals surface area contributed by atoms with Gasteiger partial charge in [-0.15, -0.1) is 0 Å². The summed E-state index contributed by atoms with van der Waals surface area (Å²) in [5.74, 6) is 0.264. The maximum atomic E-state index is 12.5. The molecule has 4 amide bonds. The topological polar surface area (TPSA) is 100 Å². The fourth-order valence-corrected chi connectivity index (χ4v) is 4.43. The first-order valence-corrected chi connectivity index (χ1v) is 11.0. The predicted molar refractivity (Wildman–Crippen MR) is 116 cm³/mol. The van der Waals surface area contributed by atoms with Crippen LogP contribution in [-0.4, -0.2) is 72.3 Å². The van der Waals surface area contributed by atoms with Crippen LogP contribution in [0.3, 0.4) is 0 Å². The van der Waals surface area contributed by atoms with Crippen molar-refractivity contribution >= 4 is 18.0 Å². The van der Waals surface area contributed by atoms with Crippen LogP contribution >= 0.6 is 0 Å². The highest BCUT2D eigenvalue weighted by Crippen LogP contribution is 2.29. The third kappa shape index (κ3) is 4.97. The monoisotopic (exact) mass is 440 g/mol. The number of hydrogen-bond donors (Lipinski definition) is 2. The summed E-state index contributed by atoms with van der Waals surface area (Å²) in [5, 5.41) is 5.63. The molecule has 1 aromatic rings. The van der Waals surface area contributed by atoms with Crippen molar-refractivity contribution in [3.8, 4) is 18.2 Å². The second kappa shape index (κ2) is 9.92. The van der Waals surface area contributed by atoms with Gasteiger partial charge in [0, 0.05) is 25.1 Å². The van der Waals surface area contributed by atoms with E-state index in [4.69, 9.17) is 15.9 Å². The van der Waals surface area contributed by atoms with E-state index in [0.717, 1.165) is 24.3 Å². The van der Waals surface area contributed by atoms with Crippen molar-refractivity contribution in [3.63, 3.8) is 0 Å². The number of hydrogen-bond acceptors (Lipinski definition) is 6. The Morgan fingerprint density at radius 1 is 1.22 bits per heavy atom. The molecule has 0 aliphatic carbocycles. The summed E-state index contributed by atoms with van der Waals surface area (Å²) in [4.78, 5) is 39.5. The lowest BCUT2D eigenvalue weighted by Gasteiger charge is -2.28. The Morgan fingerprint density at radius 3 is 2.75 bits per heavy atom. The molecule has 9 heteroatoms. The molecule has 3 heterocycles. The van der Waals surface area contributed by atoms with Gasteiger partial charge in [0.2, 0.25) is 0 Å². The number of rotatable bonds is 7. The van der Waals surface area contributed by atoms with Gasteiger partial charge in [0.15, 0.2) is 0 Å². The lowest BCUT2D eigenvalue weighted by Crippen LogP contribution is -2.51. The normalized spacial score (nSPS) is 24.2. The maximum absolute atomic E-state index is 12.5. The molecular formula is C23H28N4O5. The molecule has 3 aliphatic rings. The Labute approximate surface area is 187 Å². The minimum atomic E-state index is -0.818. The molecule has 4 rings (SSSR count). The summed E-state index contributed by atoms with van der Waals surface area (Å²) in [7, 11) is 0. The van der Waals surface area contributed by atoms with Crippen molar-refractivity contribution in [2.24, 2.45) is 0 Å². The van der Waals surface area contributed by atoms with Crippen LogP contribution in [0, 0.1) is 12.5 Å². The maximum Gasteiger partial charge on any atom is 0.413 e. The van der Waals surface area contributed by atoms with Crippen LogP contribution < -0.4 is 15.4 Å². The van der Waals surface area contributed by atoms with Crippen LogP contribution in [0.2, 0.25) is 0 Å². The first-order valence-electron chi connectivity index (χ1n) is 11.0. The number of carbonyl (C=O) groups excluding carboxylic acids is 3. The highest BCUT2D eigenvalue weighted by molar-refractivity contribution is 5.97. The van der Waals surface area contributed by atoms with E-state index in [-0.39, 0.29) is 18.7 Å². The third-order valence-corrected chi connectivity index (χ3v) is 6.20. The fourth-order valence-electron chi connectivity index (χ4n) is 4.43. The van der Waals surface area contributed by atoms with Crippen LogP contribution in [0.15, 0.2) is 24.3 Å². The lowest BCUT2D eigenvalue weighted by molar-refractivity contribution is -0.125. The predicted octanol–water partition coefficient (Wildman–Crippen LogP) is 1.47. The fraction of sp³-hybridized carbons (Fsp3) is 0.522. The van der Waals surface area contributed by atoms with Gasteiger partial charge in [-0.1, -0.05) is 18.6 Å². The zero-order chi connectivity index (χ0) is 22.5. The van der Waals surface area contributed by atoms with Gasteiger partial charge in [0.1, 0.15) is 18.4 Å². The number of terminal acetylenes is 1. The summed E-state index contributed by atoms with van der Waals surface area (Å²) < 4.78 is 10.9. The van der Waals surface area contributed by atoms with Crippen LogP contribution in [0.1, 0.15) is 31.2 Å². The number of benzene rings is 1. The van der Waals surface area contributed by atoms with Gasteiger partial charge in [-0.05, 0) is 49.9 Å². The zero-order valence-electron chi connectivity index (χ0n) is 17.9. The summed E-state index contributed by atoms with van der Waals surface area (Å²) in [6.45, 7) is 2.23. The first kappa shape index (κ1) is 22.0. The summed E-state index contributed by atoms with van der Waals surface area (Å²) in [5.41, 5.74) is 0.992. The molecule has 3 saturated heterocycles. The van der Waals surface area contributed by atoms with E-state index < -0.39 is 18.0 Å². The number of nitrogens with zero attached hydrogens (tertiary/aromatic N) is 2. The molecule has 0 saturated carbocycles. The molecule has 1 unspecified atom stereocenters. The Bertz CT molecular complexity index is 891. The molecule has 3 atom stereocenters. The standard InChI is InChI=1S/C23H28N4O5/c1-2-26-18-7-10-20(27(14-18)23(26)30)21(28)25-22(29)31-13-11-16-5-8-19(9-6-16)32-15-17-4-3-12-24-17/h1,5-6,8-9,17-18,20,24H,3-4,7,10-15H2,(H,25,28,29)/t17?,18-,20+/m1/s1. The molecule has 1 aromatic carbocycles. The largest absolute Gasteiger partial charge is 0.492 e. The van der Waals surface area contributed by atoms with Gasteiger partial charge in [-0.25, -0.2) is 14.5 Å². The Morgan fingerprint density at radius 2 is 2.03 bits per heavy atom. The number of alkyl carbamates (subject to hydrolysis) is 1. The highest BCUT2D eigenvalue weighted by Gasteiger charge is 2.46. The molecule has 0 radical (unpaired) electrons. The smallest absolute Gasteiger partial charge is 0.413 e. The Balaban J connectivity index is 1.17. The Hall–Kier alpha value is -3.25. The van der Waals surface area contributed by atoms with E-state index in [1.54, 1.807) is 0 Å². The van der Waals surface area contributed by atoms with Gasteiger partial charge in [-0.3, -0.25) is 10.1 Å². The van der Waals surface area contributed by atoms with Crippen molar-refractivity contribution in [2.45, 2.75) is 50.2 Å².